The number of benzene rings is 1. The number of guanidine groups is 1. The zero-order valence-corrected chi connectivity index (χ0v) is 13.8. The van der Waals surface area contributed by atoms with E-state index in [0.717, 1.165) is 12.1 Å². The summed E-state index contributed by atoms with van der Waals surface area (Å²) in [7, 11) is 0. The number of aliphatic hydroxyl groups is 1. The third-order valence-corrected chi connectivity index (χ3v) is 2.97. The average Bonchev–Trinajstić information content (AvgIpc) is 2.50. The van der Waals surface area contributed by atoms with E-state index in [1.807, 2.05) is 0 Å². The number of nitrogens with zero attached hydrogens (tertiary/aromatic N) is 1. The molecule has 1 unspecified atom stereocenters. The molecule has 0 aliphatic carbocycles. The van der Waals surface area contributed by atoms with Gasteiger partial charge in [-0.25, -0.2) is 0 Å². The van der Waals surface area contributed by atoms with E-state index >= 15 is 0 Å². The minimum Gasteiger partial charge on any atom is -0.406 e. The smallest absolute Gasteiger partial charge is 0.406 e. The van der Waals surface area contributed by atoms with Crippen LogP contribution in [0, 0.1) is 0 Å². The minimum absolute atomic E-state index is 0.0906. The van der Waals surface area contributed by atoms with Crippen molar-refractivity contribution < 1.29 is 36.2 Å². The Kier molecular flexibility index (Phi) is 8.00. The average molecular weight is 387 g/mol. The van der Waals surface area contributed by atoms with Crippen LogP contribution in [0.15, 0.2) is 29.3 Å². The molecular formula is C15H19F6N3O2. The molecule has 1 aromatic rings. The van der Waals surface area contributed by atoms with Crippen molar-refractivity contribution >= 4 is 5.96 Å². The maximum Gasteiger partial charge on any atom is 0.573 e. The molecule has 0 spiro atoms. The summed E-state index contributed by atoms with van der Waals surface area (Å²) in [5.74, 6) is -0.341. The summed E-state index contributed by atoms with van der Waals surface area (Å²) >= 11 is 0. The molecule has 0 saturated carbocycles. The van der Waals surface area contributed by atoms with Crippen LogP contribution in [0.5, 0.6) is 5.75 Å². The highest BCUT2D eigenvalue weighted by molar-refractivity contribution is 5.79. The fraction of sp³-hybridized carbons (Fsp3) is 0.533. The lowest BCUT2D eigenvalue weighted by Gasteiger charge is -2.14. The van der Waals surface area contributed by atoms with Crippen molar-refractivity contribution in [2.24, 2.45) is 4.99 Å². The van der Waals surface area contributed by atoms with Gasteiger partial charge in [0.25, 0.3) is 0 Å². The maximum absolute atomic E-state index is 12.1. The lowest BCUT2D eigenvalue weighted by molar-refractivity contribution is -0.274. The van der Waals surface area contributed by atoms with E-state index < -0.39 is 30.8 Å². The van der Waals surface area contributed by atoms with E-state index in [1.165, 1.54) is 12.1 Å². The summed E-state index contributed by atoms with van der Waals surface area (Å²) in [6.07, 6.45) is -11.3. The second-order valence-electron chi connectivity index (χ2n) is 5.14. The van der Waals surface area contributed by atoms with Crippen molar-refractivity contribution in [3.63, 3.8) is 0 Å². The molecule has 0 aliphatic rings. The van der Waals surface area contributed by atoms with Gasteiger partial charge in [-0.3, -0.25) is 4.99 Å². The summed E-state index contributed by atoms with van der Waals surface area (Å²) in [5.41, 5.74) is 0.286. The van der Waals surface area contributed by atoms with Gasteiger partial charge >= 0.3 is 12.5 Å². The zero-order valence-electron chi connectivity index (χ0n) is 13.8. The minimum atomic E-state index is -4.81. The number of nitrogens with one attached hydrogen (secondary N) is 2. The van der Waals surface area contributed by atoms with Crippen LogP contribution in [0.4, 0.5) is 26.3 Å². The van der Waals surface area contributed by atoms with Gasteiger partial charge in [0.15, 0.2) is 5.96 Å². The number of rotatable bonds is 7. The second kappa shape index (κ2) is 9.51. The molecule has 148 valence electrons. The molecule has 0 radical (unpaired) electrons. The van der Waals surface area contributed by atoms with Gasteiger partial charge in [0, 0.05) is 13.1 Å². The summed E-state index contributed by atoms with van der Waals surface area (Å²) in [6, 6.07) is 4.57. The van der Waals surface area contributed by atoms with Crippen LogP contribution >= 0.6 is 0 Å². The summed E-state index contributed by atoms with van der Waals surface area (Å²) in [4.78, 5) is 3.96. The lowest BCUT2D eigenvalue weighted by atomic mass is 10.1. The van der Waals surface area contributed by atoms with Gasteiger partial charge in [-0.1, -0.05) is 12.1 Å². The second-order valence-corrected chi connectivity index (χ2v) is 5.14. The normalized spacial score (nSPS) is 14.1. The Bertz CT molecular complexity index is 572. The molecule has 0 amide bonds. The van der Waals surface area contributed by atoms with Crippen molar-refractivity contribution in [2.45, 2.75) is 32.0 Å². The third-order valence-electron chi connectivity index (χ3n) is 2.97. The highest BCUT2D eigenvalue weighted by atomic mass is 19.4. The standard InChI is InChI=1S/C15H19F6N3O2/c1-2-22-13(23-8-7-14(16,17)18)24-9-12(25)10-3-5-11(6-4-10)26-15(19,20)21/h3-6,12,25H,2,7-9H2,1H3,(H2,22,23,24). The van der Waals surface area contributed by atoms with Gasteiger partial charge < -0.3 is 20.5 Å². The van der Waals surface area contributed by atoms with E-state index in [-0.39, 0.29) is 24.6 Å². The SMILES string of the molecule is CCNC(=NCC(O)c1ccc(OC(F)(F)F)cc1)NCCC(F)(F)F. The van der Waals surface area contributed by atoms with Crippen LogP contribution in [-0.2, 0) is 0 Å². The molecule has 26 heavy (non-hydrogen) atoms. The number of halogens is 6. The van der Waals surface area contributed by atoms with E-state index in [0.29, 0.717) is 6.54 Å². The highest BCUT2D eigenvalue weighted by Gasteiger charge is 2.31. The highest BCUT2D eigenvalue weighted by Crippen LogP contribution is 2.24. The van der Waals surface area contributed by atoms with Crippen LogP contribution in [-0.4, -0.2) is 43.2 Å². The fourth-order valence-corrected chi connectivity index (χ4v) is 1.84. The van der Waals surface area contributed by atoms with Gasteiger partial charge in [0.1, 0.15) is 5.75 Å². The van der Waals surface area contributed by atoms with Gasteiger partial charge in [-0.05, 0) is 24.6 Å². The van der Waals surface area contributed by atoms with Crippen LogP contribution < -0.4 is 15.4 Å². The topological polar surface area (TPSA) is 65.9 Å². The molecule has 0 heterocycles. The Morgan fingerprint density at radius 2 is 1.73 bits per heavy atom. The van der Waals surface area contributed by atoms with Gasteiger partial charge in [-0.15, -0.1) is 13.2 Å². The fourth-order valence-electron chi connectivity index (χ4n) is 1.84. The predicted octanol–water partition coefficient (Wildman–Crippen LogP) is 3.13. The molecule has 0 aromatic heterocycles. The molecular weight excluding hydrogens is 368 g/mol. The summed E-state index contributed by atoms with van der Waals surface area (Å²) in [5, 5.41) is 15.2. The van der Waals surface area contributed by atoms with Gasteiger partial charge in [0.2, 0.25) is 0 Å². The third kappa shape index (κ3) is 9.35. The molecule has 1 atom stereocenters. The maximum atomic E-state index is 12.1. The quantitative estimate of drug-likeness (QED) is 0.382. The van der Waals surface area contributed by atoms with Crippen LogP contribution in [0.1, 0.15) is 25.0 Å². The van der Waals surface area contributed by atoms with Crippen molar-refractivity contribution in [2.75, 3.05) is 19.6 Å². The Labute approximate surface area is 146 Å². The molecule has 1 rings (SSSR count). The molecule has 0 fully saturated rings. The van der Waals surface area contributed by atoms with E-state index in [1.54, 1.807) is 6.92 Å². The number of alkyl halides is 6. The zero-order chi connectivity index (χ0) is 19.8. The van der Waals surface area contributed by atoms with E-state index in [4.69, 9.17) is 0 Å². The monoisotopic (exact) mass is 387 g/mol. The molecule has 3 N–H and O–H groups in total. The molecule has 0 bridgehead atoms. The van der Waals surface area contributed by atoms with Crippen LogP contribution in [0.3, 0.4) is 0 Å². The Balaban J connectivity index is 2.62. The molecule has 1 aromatic carbocycles. The van der Waals surface area contributed by atoms with Crippen LogP contribution in [0.2, 0.25) is 0 Å². The molecule has 0 saturated heterocycles. The van der Waals surface area contributed by atoms with Gasteiger partial charge in [-0.2, -0.15) is 13.2 Å². The molecule has 5 nitrogen and oxygen atoms in total. The van der Waals surface area contributed by atoms with E-state index in [9.17, 15) is 31.4 Å². The number of hydrogen-bond donors (Lipinski definition) is 3. The van der Waals surface area contributed by atoms with Crippen molar-refractivity contribution in [3.05, 3.63) is 29.8 Å². The molecule has 11 heteroatoms. The number of ether oxygens (including phenoxy) is 1. The number of aliphatic hydroxyl groups excluding tert-OH is 1. The first-order valence-electron chi connectivity index (χ1n) is 7.63. The Morgan fingerprint density at radius 1 is 1.12 bits per heavy atom. The largest absolute Gasteiger partial charge is 0.573 e. The Hall–Kier alpha value is -2.17. The van der Waals surface area contributed by atoms with Crippen molar-refractivity contribution in [1.29, 1.82) is 0 Å². The number of aliphatic imine (C=N–C) groups is 1. The van der Waals surface area contributed by atoms with Crippen molar-refractivity contribution in [3.8, 4) is 5.75 Å². The first-order valence-corrected chi connectivity index (χ1v) is 7.63. The first kappa shape index (κ1) is 21.9. The van der Waals surface area contributed by atoms with E-state index in [2.05, 4.69) is 20.4 Å². The predicted molar refractivity (Wildman–Crippen MR) is 82.7 cm³/mol. The summed E-state index contributed by atoms with van der Waals surface area (Å²) in [6.45, 7) is 1.55. The van der Waals surface area contributed by atoms with Gasteiger partial charge in [0.05, 0.1) is 19.1 Å². The molecule has 0 aliphatic heterocycles. The lowest BCUT2D eigenvalue weighted by Crippen LogP contribution is -2.39. The summed E-state index contributed by atoms with van der Waals surface area (Å²) < 4.78 is 76.4. The Morgan fingerprint density at radius 3 is 2.23 bits per heavy atom. The van der Waals surface area contributed by atoms with Crippen LogP contribution in [0.25, 0.3) is 0 Å². The van der Waals surface area contributed by atoms with Crippen molar-refractivity contribution in [1.82, 2.24) is 10.6 Å². The number of hydrogen-bond acceptors (Lipinski definition) is 3. The first-order chi connectivity index (χ1) is 12.0.